The summed E-state index contributed by atoms with van der Waals surface area (Å²) in [6, 6.07) is 18.8. The molecule has 0 unspecified atom stereocenters. The molecule has 1 heterocycles. The SMILES string of the molecule is Clc1nc(-c2ccccc2)nc2c1C1(CCCCC1)Cc1ccccc1-2. The van der Waals surface area contributed by atoms with E-state index < -0.39 is 0 Å². The van der Waals surface area contributed by atoms with Crippen molar-refractivity contribution in [2.24, 2.45) is 0 Å². The van der Waals surface area contributed by atoms with Crippen LogP contribution in [0.2, 0.25) is 5.15 Å². The molecule has 2 aliphatic rings. The highest BCUT2D eigenvalue weighted by molar-refractivity contribution is 6.30. The Morgan fingerprint density at radius 2 is 1.54 bits per heavy atom. The van der Waals surface area contributed by atoms with Crippen molar-refractivity contribution in [3.05, 3.63) is 70.9 Å². The maximum Gasteiger partial charge on any atom is 0.161 e. The number of hydrogen-bond acceptors (Lipinski definition) is 2. The average Bonchev–Trinajstić information content (AvgIpc) is 2.69. The predicted molar refractivity (Wildman–Crippen MR) is 106 cm³/mol. The molecule has 2 nitrogen and oxygen atoms in total. The summed E-state index contributed by atoms with van der Waals surface area (Å²) >= 11 is 6.84. The van der Waals surface area contributed by atoms with Gasteiger partial charge in [0.2, 0.25) is 0 Å². The molecule has 1 aromatic heterocycles. The summed E-state index contributed by atoms with van der Waals surface area (Å²) in [5.74, 6) is 0.719. The van der Waals surface area contributed by atoms with Gasteiger partial charge < -0.3 is 0 Å². The van der Waals surface area contributed by atoms with Gasteiger partial charge in [-0.1, -0.05) is 85.5 Å². The first-order chi connectivity index (χ1) is 12.8. The van der Waals surface area contributed by atoms with Crippen molar-refractivity contribution in [1.29, 1.82) is 0 Å². The summed E-state index contributed by atoms with van der Waals surface area (Å²) in [6.45, 7) is 0. The zero-order valence-corrected chi connectivity index (χ0v) is 15.5. The number of hydrogen-bond donors (Lipinski definition) is 0. The van der Waals surface area contributed by atoms with Crippen LogP contribution >= 0.6 is 11.6 Å². The summed E-state index contributed by atoms with van der Waals surface area (Å²) in [5, 5.41) is 0.644. The Balaban J connectivity index is 1.77. The molecule has 1 saturated carbocycles. The van der Waals surface area contributed by atoms with Gasteiger partial charge in [-0.25, -0.2) is 9.97 Å². The van der Waals surface area contributed by atoms with E-state index >= 15 is 0 Å². The Kier molecular flexibility index (Phi) is 3.82. The minimum Gasteiger partial charge on any atom is -0.228 e. The fourth-order valence-electron chi connectivity index (χ4n) is 4.83. The minimum atomic E-state index is 0.105. The van der Waals surface area contributed by atoms with E-state index in [0.29, 0.717) is 5.15 Å². The predicted octanol–water partition coefficient (Wildman–Crippen LogP) is 6.22. The lowest BCUT2D eigenvalue weighted by Gasteiger charge is -2.42. The van der Waals surface area contributed by atoms with Gasteiger partial charge in [0.15, 0.2) is 5.82 Å². The topological polar surface area (TPSA) is 25.8 Å². The first-order valence-electron chi connectivity index (χ1n) is 9.49. The van der Waals surface area contributed by atoms with E-state index in [1.165, 1.54) is 48.8 Å². The van der Waals surface area contributed by atoms with Crippen molar-refractivity contribution in [2.45, 2.75) is 43.9 Å². The van der Waals surface area contributed by atoms with Crippen LogP contribution in [0, 0.1) is 0 Å². The fraction of sp³-hybridized carbons (Fsp3) is 0.304. The molecular formula is C23H21ClN2. The number of aromatic nitrogens is 2. The summed E-state index contributed by atoms with van der Waals surface area (Å²) in [5.41, 5.74) is 5.98. The maximum absolute atomic E-state index is 6.84. The fourth-order valence-corrected chi connectivity index (χ4v) is 5.20. The Hall–Kier alpha value is -2.19. The molecule has 0 N–H and O–H groups in total. The summed E-state index contributed by atoms with van der Waals surface area (Å²) in [6.07, 6.45) is 7.27. The molecule has 130 valence electrons. The van der Waals surface area contributed by atoms with Crippen LogP contribution in [0.5, 0.6) is 0 Å². The van der Waals surface area contributed by atoms with Crippen LogP contribution in [0.4, 0.5) is 0 Å². The zero-order valence-electron chi connectivity index (χ0n) is 14.7. The van der Waals surface area contributed by atoms with Crippen LogP contribution in [0.15, 0.2) is 54.6 Å². The average molecular weight is 361 g/mol. The monoisotopic (exact) mass is 360 g/mol. The molecular weight excluding hydrogens is 340 g/mol. The molecule has 1 fully saturated rings. The Labute approximate surface area is 159 Å². The maximum atomic E-state index is 6.84. The normalized spacial score (nSPS) is 17.6. The molecule has 2 aliphatic carbocycles. The molecule has 3 heteroatoms. The number of nitrogens with zero attached hydrogens (tertiary/aromatic N) is 2. The highest BCUT2D eigenvalue weighted by Gasteiger charge is 2.42. The third kappa shape index (κ3) is 2.47. The standard InChI is InChI=1S/C23H21ClN2/c24-21-19-20(25-22(26-21)16-9-3-1-4-10-16)18-12-6-5-11-17(18)15-23(19)13-7-2-8-14-23/h1,3-6,9-12H,2,7-8,13-15H2. The van der Waals surface area contributed by atoms with Gasteiger partial charge >= 0.3 is 0 Å². The Bertz CT molecular complexity index is 959. The summed E-state index contributed by atoms with van der Waals surface area (Å²) in [7, 11) is 0. The molecule has 0 saturated heterocycles. The summed E-state index contributed by atoms with van der Waals surface area (Å²) in [4.78, 5) is 9.77. The lowest BCUT2D eigenvalue weighted by atomic mass is 9.62. The van der Waals surface area contributed by atoms with E-state index in [4.69, 9.17) is 21.6 Å². The van der Waals surface area contributed by atoms with E-state index in [2.05, 4.69) is 24.3 Å². The van der Waals surface area contributed by atoms with Crippen LogP contribution in [-0.4, -0.2) is 9.97 Å². The minimum absolute atomic E-state index is 0.105. The van der Waals surface area contributed by atoms with Gasteiger partial charge in [-0.05, 0) is 24.8 Å². The van der Waals surface area contributed by atoms with E-state index in [9.17, 15) is 0 Å². The quantitative estimate of drug-likeness (QED) is 0.481. The van der Waals surface area contributed by atoms with E-state index in [1.54, 1.807) is 0 Å². The second kappa shape index (κ2) is 6.21. The number of fused-ring (bicyclic) bond motifs is 4. The molecule has 26 heavy (non-hydrogen) atoms. The second-order valence-electron chi connectivity index (χ2n) is 7.60. The highest BCUT2D eigenvalue weighted by atomic mass is 35.5. The third-order valence-corrected chi connectivity index (χ3v) is 6.31. The van der Waals surface area contributed by atoms with Crippen molar-refractivity contribution >= 4 is 11.6 Å². The van der Waals surface area contributed by atoms with E-state index in [-0.39, 0.29) is 5.41 Å². The molecule has 1 spiro atoms. The first kappa shape index (κ1) is 16.0. The number of benzene rings is 2. The van der Waals surface area contributed by atoms with Crippen LogP contribution in [0.1, 0.15) is 43.2 Å². The van der Waals surface area contributed by atoms with Gasteiger partial charge in [0, 0.05) is 22.1 Å². The number of halogens is 1. The molecule has 0 aliphatic heterocycles. The van der Waals surface area contributed by atoms with Gasteiger partial charge in [0.05, 0.1) is 5.69 Å². The Morgan fingerprint density at radius 3 is 2.35 bits per heavy atom. The number of rotatable bonds is 1. The van der Waals surface area contributed by atoms with Crippen LogP contribution in [-0.2, 0) is 11.8 Å². The van der Waals surface area contributed by atoms with Gasteiger partial charge in [-0.15, -0.1) is 0 Å². The molecule has 3 aromatic rings. The lowest BCUT2D eigenvalue weighted by molar-refractivity contribution is 0.287. The van der Waals surface area contributed by atoms with Gasteiger partial charge in [-0.3, -0.25) is 0 Å². The van der Waals surface area contributed by atoms with Crippen LogP contribution in [0.3, 0.4) is 0 Å². The van der Waals surface area contributed by atoms with Crippen molar-refractivity contribution in [3.8, 4) is 22.6 Å². The van der Waals surface area contributed by atoms with Crippen molar-refractivity contribution < 1.29 is 0 Å². The molecule has 2 aromatic carbocycles. The van der Waals surface area contributed by atoms with Crippen molar-refractivity contribution in [2.75, 3.05) is 0 Å². The van der Waals surface area contributed by atoms with Crippen molar-refractivity contribution in [1.82, 2.24) is 9.97 Å². The van der Waals surface area contributed by atoms with Gasteiger partial charge in [0.1, 0.15) is 5.15 Å². The molecule has 0 amide bonds. The van der Waals surface area contributed by atoms with Gasteiger partial charge in [0.25, 0.3) is 0 Å². The van der Waals surface area contributed by atoms with Crippen LogP contribution in [0.25, 0.3) is 22.6 Å². The van der Waals surface area contributed by atoms with Crippen molar-refractivity contribution in [3.63, 3.8) is 0 Å². The lowest BCUT2D eigenvalue weighted by Crippen LogP contribution is -2.36. The first-order valence-corrected chi connectivity index (χ1v) is 9.86. The smallest absolute Gasteiger partial charge is 0.161 e. The molecule has 0 atom stereocenters. The molecule has 0 radical (unpaired) electrons. The zero-order chi connectivity index (χ0) is 17.6. The molecule has 5 rings (SSSR count). The van der Waals surface area contributed by atoms with Gasteiger partial charge in [-0.2, -0.15) is 0 Å². The third-order valence-electron chi connectivity index (χ3n) is 6.04. The Morgan fingerprint density at radius 1 is 0.808 bits per heavy atom. The second-order valence-corrected chi connectivity index (χ2v) is 7.96. The molecule has 0 bridgehead atoms. The largest absolute Gasteiger partial charge is 0.228 e. The van der Waals surface area contributed by atoms with Crippen LogP contribution < -0.4 is 0 Å². The van der Waals surface area contributed by atoms with E-state index in [0.717, 1.165) is 23.5 Å². The summed E-state index contributed by atoms with van der Waals surface area (Å²) < 4.78 is 0. The highest BCUT2D eigenvalue weighted by Crippen LogP contribution is 2.52. The van der Waals surface area contributed by atoms with E-state index in [1.807, 2.05) is 30.3 Å².